The van der Waals surface area contributed by atoms with Gasteiger partial charge in [0.15, 0.2) is 0 Å². The smallest absolute Gasteiger partial charge is 0.261 e. The van der Waals surface area contributed by atoms with E-state index in [2.05, 4.69) is 4.72 Å². The Morgan fingerprint density at radius 3 is 2.19 bits per heavy atom. The second-order valence-corrected chi connectivity index (χ2v) is 7.03. The van der Waals surface area contributed by atoms with Crippen LogP contribution in [0.25, 0.3) is 0 Å². The van der Waals surface area contributed by atoms with Gasteiger partial charge in [-0.3, -0.25) is 4.72 Å². The van der Waals surface area contributed by atoms with Crippen molar-refractivity contribution in [1.29, 1.82) is 0 Å². The van der Waals surface area contributed by atoms with Crippen molar-refractivity contribution in [3.8, 4) is 5.75 Å². The Bertz CT molecular complexity index is 735. The molecule has 0 aliphatic carbocycles. The van der Waals surface area contributed by atoms with Crippen molar-refractivity contribution in [3.63, 3.8) is 0 Å². The number of rotatable bonds is 4. The van der Waals surface area contributed by atoms with Gasteiger partial charge in [-0.2, -0.15) is 0 Å². The fourth-order valence-electron chi connectivity index (χ4n) is 2.03. The second-order valence-electron chi connectivity index (χ2n) is 5.35. The summed E-state index contributed by atoms with van der Waals surface area (Å²) in [6.07, 6.45) is 0. The molecule has 0 aliphatic heterocycles. The van der Waals surface area contributed by atoms with E-state index in [1.54, 1.807) is 36.4 Å². The molecule has 0 aliphatic rings. The molecule has 2 aromatic rings. The van der Waals surface area contributed by atoms with Gasteiger partial charge < -0.3 is 5.11 Å². The quantitative estimate of drug-likeness (QED) is 0.906. The minimum Gasteiger partial charge on any atom is -0.508 e. The molecule has 112 valence electrons. The number of sulfonamides is 1. The first-order valence-electron chi connectivity index (χ1n) is 6.72. The maximum Gasteiger partial charge on any atom is 0.261 e. The number of hydrogen-bond acceptors (Lipinski definition) is 3. The topological polar surface area (TPSA) is 66.4 Å². The van der Waals surface area contributed by atoms with Crippen LogP contribution in [0, 0.1) is 6.92 Å². The number of aromatic hydroxyl groups is 1. The fourth-order valence-corrected chi connectivity index (χ4v) is 3.08. The molecule has 0 atom stereocenters. The summed E-state index contributed by atoms with van der Waals surface area (Å²) in [6, 6.07) is 11.4. The van der Waals surface area contributed by atoms with Gasteiger partial charge in [0.25, 0.3) is 10.0 Å². The first-order valence-corrected chi connectivity index (χ1v) is 8.20. The van der Waals surface area contributed by atoms with Crippen molar-refractivity contribution in [1.82, 2.24) is 0 Å². The van der Waals surface area contributed by atoms with Crippen molar-refractivity contribution in [2.45, 2.75) is 31.6 Å². The van der Waals surface area contributed by atoms with Crippen LogP contribution >= 0.6 is 0 Å². The number of phenolic OH excluding ortho intramolecular Hbond substituents is 1. The van der Waals surface area contributed by atoms with Gasteiger partial charge in [-0.15, -0.1) is 0 Å². The molecule has 4 nitrogen and oxygen atoms in total. The minimum absolute atomic E-state index is 0.0918. The summed E-state index contributed by atoms with van der Waals surface area (Å²) in [5.41, 5.74) is 2.12. The summed E-state index contributed by atoms with van der Waals surface area (Å²) in [4.78, 5) is 0.195. The fraction of sp³-hybridized carbons (Fsp3) is 0.250. The Morgan fingerprint density at radius 1 is 1.05 bits per heavy atom. The van der Waals surface area contributed by atoms with Gasteiger partial charge in [-0.25, -0.2) is 8.42 Å². The van der Waals surface area contributed by atoms with Gasteiger partial charge in [0.1, 0.15) is 5.75 Å². The van der Waals surface area contributed by atoms with E-state index in [1.807, 2.05) is 20.8 Å². The van der Waals surface area contributed by atoms with Crippen LogP contribution in [-0.4, -0.2) is 13.5 Å². The lowest BCUT2D eigenvalue weighted by Gasteiger charge is -2.12. The third kappa shape index (κ3) is 3.55. The van der Waals surface area contributed by atoms with Crippen molar-refractivity contribution < 1.29 is 13.5 Å². The number of anilines is 1. The van der Waals surface area contributed by atoms with E-state index in [0.717, 1.165) is 11.1 Å². The zero-order valence-corrected chi connectivity index (χ0v) is 13.1. The van der Waals surface area contributed by atoms with E-state index in [4.69, 9.17) is 0 Å². The monoisotopic (exact) mass is 305 g/mol. The highest BCUT2D eigenvalue weighted by Crippen LogP contribution is 2.29. The van der Waals surface area contributed by atoms with E-state index < -0.39 is 10.0 Å². The van der Waals surface area contributed by atoms with Crippen LogP contribution in [0.4, 0.5) is 5.69 Å². The third-order valence-corrected chi connectivity index (χ3v) is 4.63. The van der Waals surface area contributed by atoms with E-state index >= 15 is 0 Å². The molecule has 0 heterocycles. The highest BCUT2D eigenvalue weighted by Gasteiger charge is 2.15. The zero-order chi connectivity index (χ0) is 15.6. The Labute approximate surface area is 125 Å². The predicted octanol–water partition coefficient (Wildman–Crippen LogP) is 3.62. The average Bonchev–Trinajstić information content (AvgIpc) is 2.38. The molecule has 0 aromatic heterocycles. The summed E-state index contributed by atoms with van der Waals surface area (Å²) >= 11 is 0. The van der Waals surface area contributed by atoms with Crippen LogP contribution in [0.3, 0.4) is 0 Å². The van der Waals surface area contributed by atoms with E-state index in [9.17, 15) is 13.5 Å². The molecular formula is C16H19NO3S. The highest BCUT2D eigenvalue weighted by atomic mass is 32.2. The number of benzene rings is 2. The predicted molar refractivity (Wildman–Crippen MR) is 84.2 cm³/mol. The zero-order valence-electron chi connectivity index (χ0n) is 12.3. The van der Waals surface area contributed by atoms with Crippen LogP contribution in [-0.2, 0) is 10.0 Å². The molecule has 2 aromatic carbocycles. The third-order valence-electron chi connectivity index (χ3n) is 3.24. The van der Waals surface area contributed by atoms with Gasteiger partial charge >= 0.3 is 0 Å². The largest absolute Gasteiger partial charge is 0.508 e. The number of nitrogens with one attached hydrogen (secondary N) is 1. The van der Waals surface area contributed by atoms with Crippen molar-refractivity contribution in [2.75, 3.05) is 4.72 Å². The van der Waals surface area contributed by atoms with Gasteiger partial charge in [0, 0.05) is 6.07 Å². The standard InChI is InChI=1S/C16H19NO3S/c1-11(2)15-9-6-13(10-16(15)18)17-21(19,20)14-7-4-12(3)5-8-14/h4-11,17-18H,1-3H3. The summed E-state index contributed by atoms with van der Waals surface area (Å²) in [5.74, 6) is 0.266. The molecule has 0 saturated carbocycles. The first-order chi connectivity index (χ1) is 9.79. The molecule has 0 bridgehead atoms. The first kappa shape index (κ1) is 15.4. The Morgan fingerprint density at radius 2 is 1.67 bits per heavy atom. The molecule has 0 fully saturated rings. The van der Waals surface area contributed by atoms with Gasteiger partial charge in [0.05, 0.1) is 10.6 Å². The SMILES string of the molecule is Cc1ccc(S(=O)(=O)Nc2ccc(C(C)C)c(O)c2)cc1. The lowest BCUT2D eigenvalue weighted by atomic mass is 10.0. The Kier molecular flexibility index (Phi) is 4.23. The van der Waals surface area contributed by atoms with E-state index in [-0.39, 0.29) is 16.6 Å². The van der Waals surface area contributed by atoms with Crippen LogP contribution in [0.1, 0.15) is 30.9 Å². The molecule has 2 N–H and O–H groups in total. The number of aryl methyl sites for hydroxylation is 1. The normalized spacial score (nSPS) is 11.6. The van der Waals surface area contributed by atoms with Crippen LogP contribution in [0.2, 0.25) is 0 Å². The van der Waals surface area contributed by atoms with E-state index in [0.29, 0.717) is 5.69 Å². The molecule has 0 spiro atoms. The molecule has 0 saturated heterocycles. The van der Waals surface area contributed by atoms with Gasteiger partial charge in [0.2, 0.25) is 0 Å². The molecule has 21 heavy (non-hydrogen) atoms. The van der Waals surface area contributed by atoms with Crippen molar-refractivity contribution >= 4 is 15.7 Å². The minimum atomic E-state index is -3.64. The van der Waals surface area contributed by atoms with Crippen LogP contribution < -0.4 is 4.72 Å². The van der Waals surface area contributed by atoms with Crippen LogP contribution in [0.15, 0.2) is 47.4 Å². The summed E-state index contributed by atoms with van der Waals surface area (Å²) < 4.78 is 27.0. The average molecular weight is 305 g/mol. The molecule has 0 unspecified atom stereocenters. The Hall–Kier alpha value is -2.01. The second kappa shape index (κ2) is 5.77. The lowest BCUT2D eigenvalue weighted by Crippen LogP contribution is -2.12. The molecule has 5 heteroatoms. The van der Waals surface area contributed by atoms with Gasteiger partial charge in [-0.05, 0) is 36.6 Å². The van der Waals surface area contributed by atoms with Crippen LogP contribution in [0.5, 0.6) is 5.75 Å². The molecule has 0 amide bonds. The van der Waals surface area contributed by atoms with Crippen molar-refractivity contribution in [2.24, 2.45) is 0 Å². The lowest BCUT2D eigenvalue weighted by molar-refractivity contribution is 0.465. The summed E-state index contributed by atoms with van der Waals surface area (Å²) in [7, 11) is -3.64. The van der Waals surface area contributed by atoms with Crippen molar-refractivity contribution in [3.05, 3.63) is 53.6 Å². The molecular weight excluding hydrogens is 286 g/mol. The highest BCUT2D eigenvalue weighted by molar-refractivity contribution is 7.92. The molecule has 0 radical (unpaired) electrons. The Balaban J connectivity index is 2.29. The van der Waals surface area contributed by atoms with E-state index in [1.165, 1.54) is 6.07 Å². The molecule has 2 rings (SSSR count). The summed E-state index contributed by atoms with van der Waals surface area (Å²) in [6.45, 7) is 5.82. The maximum atomic E-state index is 12.3. The summed E-state index contributed by atoms with van der Waals surface area (Å²) in [5, 5.41) is 9.93. The maximum absolute atomic E-state index is 12.3. The number of phenols is 1. The van der Waals surface area contributed by atoms with Gasteiger partial charge in [-0.1, -0.05) is 37.6 Å². The number of hydrogen-bond donors (Lipinski definition) is 2.